The van der Waals surface area contributed by atoms with Crippen molar-refractivity contribution in [3.05, 3.63) is 40.0 Å². The van der Waals surface area contributed by atoms with E-state index in [0.29, 0.717) is 18.7 Å². The minimum atomic E-state index is -4.76. The number of alkyl halides is 6. The average Bonchev–Trinajstić information content (AvgIpc) is 2.88. The fourth-order valence-corrected chi connectivity index (χ4v) is 3.33. The van der Waals surface area contributed by atoms with Gasteiger partial charge in [0, 0.05) is 12.1 Å². The van der Waals surface area contributed by atoms with E-state index in [1.807, 2.05) is 0 Å². The molecule has 0 atom stereocenters. The summed E-state index contributed by atoms with van der Waals surface area (Å²) < 4.78 is 82.0. The normalized spacial score (nSPS) is 13.2. The molecule has 1 aromatic heterocycles. The van der Waals surface area contributed by atoms with Crippen molar-refractivity contribution in [1.82, 2.24) is 9.78 Å². The first kappa shape index (κ1) is 22.6. The molecule has 156 valence electrons. The lowest BCUT2D eigenvalue weighted by Gasteiger charge is -2.28. The first-order valence-corrected chi connectivity index (χ1v) is 9.13. The van der Waals surface area contributed by atoms with E-state index in [-0.39, 0.29) is 21.8 Å². The van der Waals surface area contributed by atoms with Crippen molar-refractivity contribution in [3.63, 3.8) is 0 Å². The first-order valence-electron chi connectivity index (χ1n) is 8.75. The van der Waals surface area contributed by atoms with Crippen LogP contribution in [0, 0.1) is 5.41 Å². The molecule has 0 aliphatic carbocycles. The molecular weight excluding hydrogens is 406 g/mol. The van der Waals surface area contributed by atoms with Crippen LogP contribution in [0.4, 0.5) is 26.3 Å². The van der Waals surface area contributed by atoms with Crippen molar-refractivity contribution in [2.24, 2.45) is 5.41 Å². The third kappa shape index (κ3) is 4.31. The fraction of sp³-hybridized carbons (Fsp3) is 0.526. The van der Waals surface area contributed by atoms with E-state index >= 15 is 0 Å². The third-order valence-corrected chi connectivity index (χ3v) is 5.05. The topological polar surface area (TPSA) is 17.8 Å². The maximum Gasteiger partial charge on any atom is 0.417 e. The number of halogens is 7. The van der Waals surface area contributed by atoms with Crippen molar-refractivity contribution in [2.75, 3.05) is 0 Å². The van der Waals surface area contributed by atoms with Gasteiger partial charge in [-0.2, -0.15) is 31.4 Å². The summed E-state index contributed by atoms with van der Waals surface area (Å²) in [5, 5.41) is 4.35. The number of aryl methyl sites for hydroxylation is 2. The van der Waals surface area contributed by atoms with Crippen LogP contribution in [0.5, 0.6) is 0 Å². The van der Waals surface area contributed by atoms with Gasteiger partial charge in [0.1, 0.15) is 0 Å². The number of hydrogen-bond donors (Lipinski definition) is 0. The summed E-state index contributed by atoms with van der Waals surface area (Å²) in [5.41, 5.74) is -2.84. The molecule has 0 amide bonds. The summed E-state index contributed by atoms with van der Waals surface area (Å²) in [6.45, 7) is 5.73. The maximum absolute atomic E-state index is 13.7. The number of aromatic nitrogens is 2. The lowest BCUT2D eigenvalue weighted by Crippen LogP contribution is -2.34. The van der Waals surface area contributed by atoms with Crippen molar-refractivity contribution in [2.45, 2.75) is 59.4 Å². The Hall–Kier alpha value is -1.70. The third-order valence-electron chi connectivity index (χ3n) is 4.65. The molecule has 28 heavy (non-hydrogen) atoms. The zero-order valence-electron chi connectivity index (χ0n) is 15.9. The smallest absolute Gasteiger partial charge is 0.263 e. The second kappa shape index (κ2) is 7.61. The van der Waals surface area contributed by atoms with Gasteiger partial charge in [-0.15, -0.1) is 0 Å². The zero-order valence-corrected chi connectivity index (χ0v) is 16.6. The molecule has 0 saturated heterocycles. The SMILES string of the molecule is CCc1nn(CC)c(-c2ccc(CC(C)(C)C(F)(F)F)cc2C(F)(F)F)c1Cl. The Morgan fingerprint density at radius 2 is 1.64 bits per heavy atom. The molecule has 1 aromatic carbocycles. The lowest BCUT2D eigenvalue weighted by atomic mass is 9.84. The van der Waals surface area contributed by atoms with Gasteiger partial charge in [0.2, 0.25) is 0 Å². The number of hydrogen-bond acceptors (Lipinski definition) is 1. The Kier molecular flexibility index (Phi) is 6.14. The molecule has 2 rings (SSSR count). The predicted molar refractivity (Wildman–Crippen MR) is 96.3 cm³/mol. The average molecular weight is 427 g/mol. The minimum absolute atomic E-state index is 0.0483. The van der Waals surface area contributed by atoms with Crippen LogP contribution in [-0.2, 0) is 25.6 Å². The van der Waals surface area contributed by atoms with Gasteiger partial charge in [0.15, 0.2) is 0 Å². The van der Waals surface area contributed by atoms with E-state index in [2.05, 4.69) is 5.10 Å². The molecule has 9 heteroatoms. The summed E-state index contributed by atoms with van der Waals surface area (Å²) in [4.78, 5) is 0. The Balaban J connectivity index is 2.65. The molecule has 0 aliphatic rings. The van der Waals surface area contributed by atoms with Gasteiger partial charge in [0.05, 0.1) is 27.4 Å². The molecule has 0 fully saturated rings. The van der Waals surface area contributed by atoms with Crippen LogP contribution in [0.1, 0.15) is 44.5 Å². The molecule has 0 aliphatic heterocycles. The molecule has 0 spiro atoms. The van der Waals surface area contributed by atoms with Crippen molar-refractivity contribution in [3.8, 4) is 11.3 Å². The molecule has 1 heterocycles. The number of nitrogens with zero attached hydrogens (tertiary/aromatic N) is 2. The molecule has 2 nitrogen and oxygen atoms in total. The quantitative estimate of drug-likeness (QED) is 0.474. The molecule has 0 bridgehead atoms. The zero-order chi connectivity index (χ0) is 21.5. The van der Waals surface area contributed by atoms with E-state index in [1.54, 1.807) is 13.8 Å². The largest absolute Gasteiger partial charge is 0.417 e. The summed E-state index contributed by atoms with van der Waals surface area (Å²) in [6.07, 6.45) is -9.42. The maximum atomic E-state index is 13.7. The standard InChI is InChI=1S/C19H21ClF6N2/c1-5-14-15(20)16(28(6-2)27-14)12-8-7-11(9-13(12)18(21,22)23)10-17(3,4)19(24,25)26/h7-9H,5-6,10H2,1-4H3. The first-order chi connectivity index (χ1) is 12.7. The van der Waals surface area contributed by atoms with Crippen LogP contribution >= 0.6 is 11.6 Å². The Labute approximate surface area is 164 Å². The van der Waals surface area contributed by atoms with Gasteiger partial charge in [0.25, 0.3) is 0 Å². The Morgan fingerprint density at radius 3 is 2.11 bits per heavy atom. The molecule has 0 radical (unpaired) electrons. The summed E-state index contributed by atoms with van der Waals surface area (Å²) in [5.74, 6) is 0. The summed E-state index contributed by atoms with van der Waals surface area (Å²) in [7, 11) is 0. The molecule has 2 aromatic rings. The van der Waals surface area contributed by atoms with E-state index in [1.165, 1.54) is 16.8 Å². The Morgan fingerprint density at radius 1 is 1.04 bits per heavy atom. The van der Waals surface area contributed by atoms with Crippen molar-refractivity contribution < 1.29 is 26.3 Å². The van der Waals surface area contributed by atoms with Crippen LogP contribution < -0.4 is 0 Å². The highest BCUT2D eigenvalue weighted by molar-refractivity contribution is 6.33. The molecule has 0 N–H and O–H groups in total. The van der Waals surface area contributed by atoms with E-state index in [0.717, 1.165) is 19.9 Å². The number of rotatable bonds is 5. The van der Waals surface area contributed by atoms with Crippen LogP contribution in [0.15, 0.2) is 18.2 Å². The summed E-state index contributed by atoms with van der Waals surface area (Å²) in [6, 6.07) is 3.24. The van der Waals surface area contributed by atoms with E-state index < -0.39 is 29.8 Å². The van der Waals surface area contributed by atoms with E-state index in [9.17, 15) is 26.3 Å². The monoisotopic (exact) mass is 426 g/mol. The Bertz CT molecular complexity index is 849. The number of benzene rings is 1. The highest BCUT2D eigenvalue weighted by atomic mass is 35.5. The lowest BCUT2D eigenvalue weighted by molar-refractivity contribution is -0.211. The van der Waals surface area contributed by atoms with Crippen LogP contribution in [0.3, 0.4) is 0 Å². The van der Waals surface area contributed by atoms with Gasteiger partial charge in [-0.25, -0.2) is 0 Å². The van der Waals surface area contributed by atoms with E-state index in [4.69, 9.17) is 11.6 Å². The fourth-order valence-electron chi connectivity index (χ4n) is 2.95. The second-order valence-electron chi connectivity index (χ2n) is 7.21. The van der Waals surface area contributed by atoms with Gasteiger partial charge >= 0.3 is 12.4 Å². The second-order valence-corrected chi connectivity index (χ2v) is 7.59. The van der Waals surface area contributed by atoms with Crippen molar-refractivity contribution in [1.29, 1.82) is 0 Å². The highest BCUT2D eigenvalue weighted by Gasteiger charge is 2.47. The minimum Gasteiger partial charge on any atom is -0.263 e. The van der Waals surface area contributed by atoms with Gasteiger partial charge in [-0.3, -0.25) is 4.68 Å². The van der Waals surface area contributed by atoms with Crippen LogP contribution in [-0.4, -0.2) is 16.0 Å². The van der Waals surface area contributed by atoms with Crippen molar-refractivity contribution >= 4 is 11.6 Å². The van der Waals surface area contributed by atoms with Crippen LogP contribution in [0.25, 0.3) is 11.3 Å². The molecule has 0 unspecified atom stereocenters. The summed E-state index contributed by atoms with van der Waals surface area (Å²) >= 11 is 6.27. The van der Waals surface area contributed by atoms with Gasteiger partial charge in [-0.05, 0) is 31.4 Å². The van der Waals surface area contributed by atoms with Gasteiger partial charge < -0.3 is 0 Å². The van der Waals surface area contributed by atoms with Gasteiger partial charge in [-0.1, -0.05) is 44.5 Å². The van der Waals surface area contributed by atoms with Crippen LogP contribution in [0.2, 0.25) is 5.02 Å². The molecule has 0 saturated carbocycles. The predicted octanol–water partition coefficient (Wildman–Crippen LogP) is 6.94. The highest BCUT2D eigenvalue weighted by Crippen LogP contribution is 2.44. The molecular formula is C19H21ClF6N2.